The number of benzene rings is 3. The lowest BCUT2D eigenvalue weighted by molar-refractivity contribution is -0.116. The summed E-state index contributed by atoms with van der Waals surface area (Å²) in [4.78, 5) is 17.0. The number of carbonyl (C=O) groups is 1. The maximum Gasteiger partial charge on any atom is 0.336 e. The smallest absolute Gasteiger partial charge is 0.336 e. The van der Waals surface area contributed by atoms with Crippen LogP contribution in [0.5, 0.6) is 6.01 Å². The molecule has 8 heteroatoms. The number of rotatable bonds is 8. The Bertz CT molecular complexity index is 1260. The number of halogens is 2. The maximum atomic E-state index is 14.5. The number of nitrogens with zero attached hydrogens (tertiary/aromatic N) is 3. The number of amides is 1. The van der Waals surface area contributed by atoms with Crippen molar-refractivity contribution in [2.75, 3.05) is 11.9 Å². The first-order chi connectivity index (χ1) is 16.4. The van der Waals surface area contributed by atoms with E-state index in [1.165, 1.54) is 10.7 Å². The molecule has 0 saturated heterocycles. The minimum atomic E-state index is -0.815. The van der Waals surface area contributed by atoms with E-state index in [2.05, 4.69) is 15.4 Å². The molecule has 0 bridgehead atoms. The van der Waals surface area contributed by atoms with E-state index in [9.17, 15) is 9.18 Å². The Morgan fingerprint density at radius 2 is 1.71 bits per heavy atom. The van der Waals surface area contributed by atoms with Gasteiger partial charge in [0.15, 0.2) is 5.82 Å². The lowest BCUT2D eigenvalue weighted by Crippen LogP contribution is -2.17. The van der Waals surface area contributed by atoms with Crippen molar-refractivity contribution in [3.63, 3.8) is 0 Å². The van der Waals surface area contributed by atoms with Crippen LogP contribution in [-0.4, -0.2) is 27.3 Å². The summed E-state index contributed by atoms with van der Waals surface area (Å²) in [5.41, 5.74) is 2.22. The molecular weight excluding hydrogens is 455 g/mol. The van der Waals surface area contributed by atoms with Gasteiger partial charge >= 0.3 is 6.01 Å². The third-order valence-corrected chi connectivity index (χ3v) is 5.40. The van der Waals surface area contributed by atoms with Crippen molar-refractivity contribution in [3.8, 4) is 23.1 Å². The van der Waals surface area contributed by atoms with E-state index in [0.29, 0.717) is 34.9 Å². The lowest BCUT2D eigenvalue weighted by Gasteiger charge is -2.12. The van der Waals surface area contributed by atoms with Crippen LogP contribution in [0.2, 0.25) is 0 Å². The molecule has 0 saturated carbocycles. The molecule has 1 atom stereocenters. The Morgan fingerprint density at radius 1 is 1.03 bits per heavy atom. The van der Waals surface area contributed by atoms with Crippen molar-refractivity contribution < 1.29 is 13.9 Å². The highest BCUT2D eigenvalue weighted by atomic mass is 35.5. The molecule has 0 aliphatic heterocycles. The Labute approximate surface area is 202 Å². The van der Waals surface area contributed by atoms with Gasteiger partial charge in [-0.3, -0.25) is 4.79 Å². The molecule has 34 heavy (non-hydrogen) atoms. The highest BCUT2D eigenvalue weighted by Crippen LogP contribution is 2.27. The van der Waals surface area contributed by atoms with Crippen molar-refractivity contribution in [1.82, 2.24) is 14.8 Å². The minimum absolute atomic E-state index is 0.164. The second kappa shape index (κ2) is 10.5. The summed E-state index contributed by atoms with van der Waals surface area (Å²) in [6, 6.07) is 22.6. The molecule has 0 aliphatic carbocycles. The fourth-order valence-electron chi connectivity index (χ4n) is 3.26. The summed E-state index contributed by atoms with van der Waals surface area (Å²) in [6.45, 7) is 4.47. The van der Waals surface area contributed by atoms with Gasteiger partial charge in [0.1, 0.15) is 11.2 Å². The summed E-state index contributed by atoms with van der Waals surface area (Å²) in [7, 11) is 0. The van der Waals surface area contributed by atoms with Gasteiger partial charge in [-0.1, -0.05) is 56.3 Å². The first-order valence-corrected chi connectivity index (χ1v) is 11.3. The van der Waals surface area contributed by atoms with E-state index < -0.39 is 11.2 Å². The number of hydrogen-bond acceptors (Lipinski definition) is 4. The number of alkyl halides is 1. The molecular formula is C26H24ClFN4O2. The van der Waals surface area contributed by atoms with Crippen molar-refractivity contribution in [2.45, 2.75) is 19.2 Å². The zero-order valence-electron chi connectivity index (χ0n) is 18.8. The van der Waals surface area contributed by atoms with Gasteiger partial charge in [0.05, 0.1) is 17.9 Å². The maximum absolute atomic E-state index is 14.5. The third-order valence-electron chi connectivity index (χ3n) is 4.95. The quantitative estimate of drug-likeness (QED) is 0.314. The van der Waals surface area contributed by atoms with Crippen molar-refractivity contribution in [1.29, 1.82) is 0 Å². The van der Waals surface area contributed by atoms with Gasteiger partial charge in [-0.25, -0.2) is 9.07 Å². The largest absolute Gasteiger partial charge is 0.462 e. The van der Waals surface area contributed by atoms with Crippen LogP contribution in [-0.2, 0) is 4.79 Å². The Balaban J connectivity index is 1.59. The van der Waals surface area contributed by atoms with Gasteiger partial charge < -0.3 is 10.1 Å². The average molecular weight is 479 g/mol. The molecule has 0 aliphatic rings. The van der Waals surface area contributed by atoms with Gasteiger partial charge in [-0.2, -0.15) is 4.98 Å². The van der Waals surface area contributed by atoms with Crippen molar-refractivity contribution in [2.24, 2.45) is 5.92 Å². The summed E-state index contributed by atoms with van der Waals surface area (Å²) in [5.74, 6) is -0.144. The first-order valence-electron chi connectivity index (χ1n) is 10.9. The van der Waals surface area contributed by atoms with Crippen LogP contribution >= 0.6 is 11.6 Å². The lowest BCUT2D eigenvalue weighted by atomic mass is 10.1. The van der Waals surface area contributed by atoms with Crippen LogP contribution in [0.1, 0.15) is 24.8 Å². The number of carbonyl (C=O) groups excluding carboxylic acids is 1. The first kappa shape index (κ1) is 23.4. The highest BCUT2D eigenvalue weighted by Gasteiger charge is 2.19. The van der Waals surface area contributed by atoms with Crippen LogP contribution in [0.4, 0.5) is 10.1 Å². The van der Waals surface area contributed by atoms with Gasteiger partial charge in [0.25, 0.3) is 0 Å². The molecule has 0 unspecified atom stereocenters. The number of ether oxygens (including phenoxy) is 1. The predicted octanol–water partition coefficient (Wildman–Crippen LogP) is 6.03. The second-order valence-electron chi connectivity index (χ2n) is 8.12. The highest BCUT2D eigenvalue weighted by molar-refractivity contribution is 6.32. The summed E-state index contributed by atoms with van der Waals surface area (Å²) < 4.78 is 21.7. The minimum Gasteiger partial charge on any atom is -0.462 e. The fraction of sp³-hybridized carbons (Fsp3) is 0.192. The molecule has 1 amide bonds. The number of aromatic nitrogens is 3. The molecule has 1 aromatic heterocycles. The SMILES string of the molecule is CC(C)COc1nc(-c2ccccc2F)n(-c2ccc(NC(=O)[C@H](Cl)c3ccccc3)cc2)n1. The predicted molar refractivity (Wildman–Crippen MR) is 131 cm³/mol. The topological polar surface area (TPSA) is 69.0 Å². The molecule has 1 heterocycles. The number of anilines is 1. The molecule has 3 aromatic carbocycles. The van der Waals surface area contributed by atoms with Crippen LogP contribution in [0.25, 0.3) is 17.1 Å². The standard InChI is InChI=1S/C26H24ClFN4O2/c1-17(2)16-34-26-30-24(21-10-6-7-11-22(21)28)32(31-26)20-14-12-19(13-15-20)29-25(33)23(27)18-8-4-3-5-9-18/h3-15,17,23H,16H2,1-2H3,(H,29,33)/t23-/m1/s1. The van der Waals surface area contributed by atoms with Crippen LogP contribution in [0, 0.1) is 11.7 Å². The number of hydrogen-bond donors (Lipinski definition) is 1. The van der Waals surface area contributed by atoms with E-state index >= 15 is 0 Å². The van der Waals surface area contributed by atoms with E-state index in [-0.39, 0.29) is 17.8 Å². The van der Waals surface area contributed by atoms with E-state index in [0.717, 1.165) is 0 Å². The molecule has 0 fully saturated rings. The Kier molecular flexibility index (Phi) is 7.23. The van der Waals surface area contributed by atoms with E-state index in [1.807, 2.05) is 32.0 Å². The van der Waals surface area contributed by atoms with Crippen LogP contribution < -0.4 is 10.1 Å². The third kappa shape index (κ3) is 5.43. The molecule has 174 valence electrons. The molecule has 6 nitrogen and oxygen atoms in total. The summed E-state index contributed by atoms with van der Waals surface area (Å²) in [5, 5.41) is 6.43. The van der Waals surface area contributed by atoms with E-state index in [1.54, 1.807) is 54.6 Å². The van der Waals surface area contributed by atoms with Crippen molar-refractivity contribution in [3.05, 3.63) is 90.2 Å². The van der Waals surface area contributed by atoms with Crippen LogP contribution in [0.3, 0.4) is 0 Å². The monoisotopic (exact) mass is 478 g/mol. The fourth-order valence-corrected chi connectivity index (χ4v) is 3.46. The Morgan fingerprint density at radius 3 is 2.38 bits per heavy atom. The molecule has 0 spiro atoms. The number of nitrogens with one attached hydrogen (secondary N) is 1. The molecule has 0 radical (unpaired) electrons. The van der Waals surface area contributed by atoms with Crippen molar-refractivity contribution >= 4 is 23.2 Å². The second-order valence-corrected chi connectivity index (χ2v) is 8.56. The zero-order valence-corrected chi connectivity index (χ0v) is 19.5. The zero-order chi connectivity index (χ0) is 24.1. The van der Waals surface area contributed by atoms with Gasteiger partial charge in [-0.15, -0.1) is 16.7 Å². The summed E-state index contributed by atoms with van der Waals surface area (Å²) >= 11 is 6.31. The van der Waals surface area contributed by atoms with Gasteiger partial charge in [0, 0.05) is 5.69 Å². The average Bonchev–Trinajstić information content (AvgIpc) is 3.27. The van der Waals surface area contributed by atoms with Crippen LogP contribution in [0.15, 0.2) is 78.9 Å². The molecule has 4 aromatic rings. The van der Waals surface area contributed by atoms with Gasteiger partial charge in [0.2, 0.25) is 5.91 Å². The molecule has 1 N–H and O–H groups in total. The summed E-state index contributed by atoms with van der Waals surface area (Å²) in [6.07, 6.45) is 0. The van der Waals surface area contributed by atoms with E-state index in [4.69, 9.17) is 16.3 Å². The normalized spacial score (nSPS) is 11.9. The molecule has 4 rings (SSSR count). The Hall–Kier alpha value is -3.71. The van der Waals surface area contributed by atoms with Gasteiger partial charge in [-0.05, 0) is 47.9 Å².